The van der Waals surface area contributed by atoms with Crippen LogP contribution in [-0.4, -0.2) is 193 Å². The average molecular weight is 1000 g/mol. The van der Waals surface area contributed by atoms with E-state index in [-0.39, 0.29) is 39.2 Å². The van der Waals surface area contributed by atoms with Crippen LogP contribution >= 0.6 is 22.6 Å². The number of amides is 6. The fourth-order valence-electron chi connectivity index (χ4n) is 5.29. The number of ether oxygens (including phenoxy) is 11. The lowest BCUT2D eigenvalue weighted by Crippen LogP contribution is -2.57. The maximum Gasteiger partial charge on any atom is 0.332 e. The molecule has 1 aliphatic rings. The quantitative estimate of drug-likeness (QED) is 0.0610. The fourth-order valence-corrected chi connectivity index (χ4v) is 5.77. The number of primary amides is 1. The predicted molar refractivity (Wildman–Crippen MR) is 232 cm³/mol. The molecule has 0 radical (unpaired) electrons. The van der Waals surface area contributed by atoms with Gasteiger partial charge in [0.15, 0.2) is 0 Å². The molecule has 1 atom stereocenters. The molecule has 0 aromatic heterocycles. The van der Waals surface area contributed by atoms with E-state index in [0.29, 0.717) is 117 Å². The van der Waals surface area contributed by atoms with Gasteiger partial charge in [-0.05, 0) is 47.2 Å². The summed E-state index contributed by atoms with van der Waals surface area (Å²) in [6, 6.07) is 3.28. The monoisotopic (exact) mass is 999 g/mol. The maximum absolute atomic E-state index is 13.3. The molecular weight excluding hydrogens is 933 g/mol. The second-order valence-corrected chi connectivity index (χ2v) is 14.4. The zero-order chi connectivity index (χ0) is 45.0. The first kappa shape index (κ1) is 54.8. The van der Waals surface area contributed by atoms with E-state index in [9.17, 15) is 24.0 Å². The standard InChI is InChI=1S/C40H66IN5O16/c1-3-9-53-11-13-55-15-17-57-19-21-59-23-25-61-27-28-62-26-24-60-22-20-58-18-16-56-14-12-54-10-7-37(48)44-33(30-36(42)47)39(50)43-31-46-38(49)6-8-45(40(46)51)34-29-32(41)4-5-35(34)52-2/h4-5,29,33H,3,6-28,30-31H2,1-2H3,(H2,42,47)(H,43,50)(H,44,48)/t33-/m0/s1. The third kappa shape index (κ3) is 25.7. The van der Waals surface area contributed by atoms with Crippen molar-refractivity contribution in [1.82, 2.24) is 15.5 Å². The summed E-state index contributed by atoms with van der Waals surface area (Å²) in [5.74, 6) is -2.25. The summed E-state index contributed by atoms with van der Waals surface area (Å²) in [5.41, 5.74) is 5.79. The third-order valence-electron chi connectivity index (χ3n) is 8.38. The first-order valence-electron chi connectivity index (χ1n) is 20.8. The highest BCUT2D eigenvalue weighted by molar-refractivity contribution is 14.1. The second-order valence-electron chi connectivity index (χ2n) is 13.2. The van der Waals surface area contributed by atoms with Gasteiger partial charge >= 0.3 is 6.03 Å². The summed E-state index contributed by atoms with van der Waals surface area (Å²) in [6.07, 6.45) is 0.403. The topological polar surface area (TPSA) is 243 Å². The van der Waals surface area contributed by atoms with Gasteiger partial charge in [-0.2, -0.15) is 0 Å². The molecular formula is C40H66IN5O16. The van der Waals surface area contributed by atoms with Crippen molar-refractivity contribution in [3.8, 4) is 5.75 Å². The van der Waals surface area contributed by atoms with Crippen molar-refractivity contribution in [3.05, 3.63) is 21.8 Å². The number of nitrogens with one attached hydrogen (secondary N) is 2. The van der Waals surface area contributed by atoms with Crippen molar-refractivity contribution >= 4 is 57.9 Å². The highest BCUT2D eigenvalue weighted by atomic mass is 127. The van der Waals surface area contributed by atoms with E-state index in [2.05, 4.69) is 40.1 Å². The molecule has 0 bridgehead atoms. The Labute approximate surface area is 377 Å². The van der Waals surface area contributed by atoms with Crippen LogP contribution in [0.5, 0.6) is 5.75 Å². The minimum atomic E-state index is -1.33. The van der Waals surface area contributed by atoms with Crippen molar-refractivity contribution in [2.75, 3.05) is 157 Å². The number of methoxy groups -OCH3 is 1. The number of anilines is 1. The highest BCUT2D eigenvalue weighted by Crippen LogP contribution is 2.32. The number of rotatable bonds is 40. The third-order valence-corrected chi connectivity index (χ3v) is 9.05. The summed E-state index contributed by atoms with van der Waals surface area (Å²) in [6.45, 7) is 10.5. The lowest BCUT2D eigenvalue weighted by Gasteiger charge is -2.35. The minimum Gasteiger partial charge on any atom is -0.495 e. The van der Waals surface area contributed by atoms with Crippen molar-refractivity contribution in [3.63, 3.8) is 0 Å². The Morgan fingerprint density at radius 2 is 1.13 bits per heavy atom. The summed E-state index contributed by atoms with van der Waals surface area (Å²) < 4.78 is 60.7. The molecule has 1 heterocycles. The fraction of sp³-hybridized carbons (Fsp3) is 0.725. The Morgan fingerprint density at radius 3 is 1.55 bits per heavy atom. The molecule has 2 rings (SSSR count). The number of nitrogens with zero attached hydrogens (tertiary/aromatic N) is 2. The number of urea groups is 1. The van der Waals surface area contributed by atoms with Gasteiger partial charge in [-0.15, -0.1) is 0 Å². The van der Waals surface area contributed by atoms with Crippen LogP contribution in [0.15, 0.2) is 18.2 Å². The van der Waals surface area contributed by atoms with E-state index < -0.39 is 48.8 Å². The van der Waals surface area contributed by atoms with Gasteiger partial charge in [0.2, 0.25) is 23.6 Å². The number of carbonyl (C=O) groups is 5. The number of imide groups is 1. The Kier molecular flexibility index (Phi) is 31.9. The molecule has 354 valence electrons. The van der Waals surface area contributed by atoms with Crippen molar-refractivity contribution < 1.29 is 76.1 Å². The van der Waals surface area contributed by atoms with Crippen LogP contribution in [0.2, 0.25) is 0 Å². The molecule has 22 heteroatoms. The molecule has 1 aromatic carbocycles. The zero-order valence-corrected chi connectivity index (χ0v) is 38.2. The summed E-state index contributed by atoms with van der Waals surface area (Å²) in [7, 11) is 1.47. The van der Waals surface area contributed by atoms with Crippen LogP contribution in [0.3, 0.4) is 0 Å². The van der Waals surface area contributed by atoms with Gasteiger partial charge in [0.05, 0.1) is 145 Å². The van der Waals surface area contributed by atoms with E-state index in [1.54, 1.807) is 12.1 Å². The molecule has 4 N–H and O–H groups in total. The molecule has 0 saturated carbocycles. The van der Waals surface area contributed by atoms with Crippen LogP contribution in [0, 0.1) is 3.57 Å². The Morgan fingerprint density at radius 1 is 0.694 bits per heavy atom. The second kappa shape index (κ2) is 36.1. The molecule has 0 unspecified atom stereocenters. The van der Waals surface area contributed by atoms with E-state index in [4.69, 9.17) is 57.8 Å². The lowest BCUT2D eigenvalue weighted by molar-refractivity contribution is -0.134. The van der Waals surface area contributed by atoms with Gasteiger partial charge in [-0.1, -0.05) is 6.92 Å². The van der Waals surface area contributed by atoms with E-state index in [0.717, 1.165) is 21.5 Å². The van der Waals surface area contributed by atoms with Crippen molar-refractivity contribution in [1.29, 1.82) is 0 Å². The average Bonchev–Trinajstić information content (AvgIpc) is 3.25. The molecule has 0 spiro atoms. The van der Waals surface area contributed by atoms with Crippen LogP contribution < -0.4 is 26.0 Å². The number of carbonyl (C=O) groups excluding carboxylic acids is 5. The molecule has 0 aliphatic carbocycles. The van der Waals surface area contributed by atoms with E-state index >= 15 is 0 Å². The number of hydrogen-bond acceptors (Lipinski definition) is 16. The molecule has 6 amide bonds. The molecule has 1 saturated heterocycles. The maximum atomic E-state index is 13.3. The Bertz CT molecular complexity index is 1420. The number of hydrogen-bond donors (Lipinski definition) is 3. The smallest absolute Gasteiger partial charge is 0.332 e. The molecule has 62 heavy (non-hydrogen) atoms. The number of nitrogens with two attached hydrogens (primary N) is 1. The lowest BCUT2D eigenvalue weighted by atomic mass is 10.1. The van der Waals surface area contributed by atoms with Gasteiger partial charge in [-0.3, -0.25) is 24.1 Å². The van der Waals surface area contributed by atoms with Crippen LogP contribution in [0.25, 0.3) is 0 Å². The first-order valence-corrected chi connectivity index (χ1v) is 21.8. The van der Waals surface area contributed by atoms with Crippen LogP contribution in [0.1, 0.15) is 32.6 Å². The number of halogens is 1. The van der Waals surface area contributed by atoms with Crippen molar-refractivity contribution in [2.24, 2.45) is 5.73 Å². The van der Waals surface area contributed by atoms with Crippen molar-refractivity contribution in [2.45, 2.75) is 38.6 Å². The van der Waals surface area contributed by atoms with Gasteiger partial charge in [-0.25, -0.2) is 9.69 Å². The summed E-state index contributed by atoms with van der Waals surface area (Å²) >= 11 is 2.10. The Hall–Kier alpha value is -3.30. The molecule has 1 aliphatic heterocycles. The number of benzene rings is 1. The highest BCUT2D eigenvalue weighted by Gasteiger charge is 2.35. The summed E-state index contributed by atoms with van der Waals surface area (Å²) in [4.78, 5) is 65.4. The minimum absolute atomic E-state index is 0.00636. The summed E-state index contributed by atoms with van der Waals surface area (Å²) in [5, 5.41) is 4.92. The predicted octanol–water partition coefficient (Wildman–Crippen LogP) is 0.859. The molecule has 1 aromatic rings. The van der Waals surface area contributed by atoms with Gasteiger partial charge in [0.1, 0.15) is 18.5 Å². The normalized spacial score (nSPS) is 13.4. The first-order chi connectivity index (χ1) is 30.2. The largest absolute Gasteiger partial charge is 0.495 e. The van der Waals surface area contributed by atoms with Gasteiger partial charge < -0.3 is 68.5 Å². The van der Waals surface area contributed by atoms with Gasteiger partial charge in [0.25, 0.3) is 0 Å². The SMILES string of the molecule is CCCOCCOCCOCCOCCOCCOCCOCCOCCOCCOCCC(=O)N[C@@H](CC(N)=O)C(=O)NCN1C(=O)CCN(c2cc(I)ccc2OC)C1=O. The van der Waals surface area contributed by atoms with Crippen LogP contribution in [-0.2, 0) is 66.5 Å². The zero-order valence-electron chi connectivity index (χ0n) is 36.1. The van der Waals surface area contributed by atoms with E-state index in [1.807, 2.05) is 6.07 Å². The molecule has 21 nitrogen and oxygen atoms in total. The van der Waals surface area contributed by atoms with Crippen LogP contribution in [0.4, 0.5) is 10.5 Å². The molecule has 1 fully saturated rings. The van der Waals surface area contributed by atoms with Gasteiger partial charge in [0, 0.05) is 29.6 Å². The van der Waals surface area contributed by atoms with E-state index in [1.165, 1.54) is 12.0 Å². The Balaban J connectivity index is 1.41.